The molecule has 0 unspecified atom stereocenters. The number of carbonyl (C=O) groups is 2. The van der Waals surface area contributed by atoms with E-state index >= 15 is 4.39 Å². The smallest absolute Gasteiger partial charge is 0.407 e. The molecule has 2 heterocycles. The number of nitrogens with one attached hydrogen (secondary N) is 1. The van der Waals surface area contributed by atoms with Gasteiger partial charge in [0.2, 0.25) is 5.43 Å². The van der Waals surface area contributed by atoms with Crippen LogP contribution in [0.4, 0.5) is 14.9 Å². The molecule has 0 spiro atoms. The van der Waals surface area contributed by atoms with Gasteiger partial charge in [-0.3, -0.25) is 4.79 Å². The van der Waals surface area contributed by atoms with Crippen LogP contribution in [0.5, 0.6) is 5.75 Å². The summed E-state index contributed by atoms with van der Waals surface area (Å²) < 4.78 is 28.8. The molecule has 0 radical (unpaired) electrons. The minimum absolute atomic E-state index is 0.00880. The Morgan fingerprint density at radius 1 is 1.19 bits per heavy atom. The van der Waals surface area contributed by atoms with Crippen LogP contribution in [-0.2, 0) is 4.74 Å². The SMILES string of the molecule is COc1c(N2C[C@H](NC(=O)OC(C)(C)C)[C@H]3CCC[C@H]32)c(F)cc2c(=O)c(C(=O)O)cn(C3CC3)c12. The van der Waals surface area contributed by atoms with Gasteiger partial charge in [0, 0.05) is 30.7 Å². The first-order valence-corrected chi connectivity index (χ1v) is 12.4. The highest BCUT2D eigenvalue weighted by atomic mass is 19.1. The third-order valence-corrected chi connectivity index (χ3v) is 7.40. The number of carbonyl (C=O) groups excluding carboxylic acids is 1. The molecule has 3 aliphatic rings. The number of nitrogens with zero attached hydrogens (tertiary/aromatic N) is 2. The summed E-state index contributed by atoms with van der Waals surface area (Å²) in [5, 5.41) is 12.5. The predicted molar refractivity (Wildman–Crippen MR) is 132 cm³/mol. The number of carboxylic acids is 1. The number of pyridine rings is 1. The topological polar surface area (TPSA) is 110 Å². The van der Waals surface area contributed by atoms with E-state index in [0.29, 0.717) is 12.1 Å². The summed E-state index contributed by atoms with van der Waals surface area (Å²) in [7, 11) is 1.43. The molecule has 3 atom stereocenters. The van der Waals surface area contributed by atoms with Gasteiger partial charge in [-0.25, -0.2) is 14.0 Å². The van der Waals surface area contributed by atoms with Crippen LogP contribution >= 0.6 is 0 Å². The number of aromatic nitrogens is 1. The molecule has 1 saturated heterocycles. The number of alkyl carbamates (subject to hydrolysis) is 1. The molecular formula is C26H32FN3O6. The molecule has 3 fully saturated rings. The van der Waals surface area contributed by atoms with Gasteiger partial charge in [0.05, 0.1) is 24.1 Å². The van der Waals surface area contributed by atoms with Crippen molar-refractivity contribution in [3.63, 3.8) is 0 Å². The maximum absolute atomic E-state index is 15.8. The number of hydrogen-bond acceptors (Lipinski definition) is 6. The average Bonchev–Trinajstić information content (AvgIpc) is 3.41. The number of amides is 1. The summed E-state index contributed by atoms with van der Waals surface area (Å²) in [5.41, 5.74) is -1.10. The van der Waals surface area contributed by atoms with Crippen molar-refractivity contribution in [3.8, 4) is 5.75 Å². The van der Waals surface area contributed by atoms with Gasteiger partial charge >= 0.3 is 12.1 Å². The minimum Gasteiger partial charge on any atom is -0.492 e. The van der Waals surface area contributed by atoms with Gasteiger partial charge in [-0.1, -0.05) is 6.42 Å². The van der Waals surface area contributed by atoms with Gasteiger partial charge < -0.3 is 29.4 Å². The lowest BCUT2D eigenvalue weighted by Crippen LogP contribution is -2.43. The zero-order chi connectivity index (χ0) is 25.9. The maximum atomic E-state index is 15.8. The van der Waals surface area contributed by atoms with E-state index in [1.54, 1.807) is 25.3 Å². The van der Waals surface area contributed by atoms with Crippen molar-refractivity contribution in [2.24, 2.45) is 5.92 Å². The van der Waals surface area contributed by atoms with Crippen molar-refractivity contribution >= 4 is 28.7 Å². The van der Waals surface area contributed by atoms with Crippen LogP contribution in [0.1, 0.15) is 69.3 Å². The van der Waals surface area contributed by atoms with E-state index in [-0.39, 0.29) is 46.4 Å². The van der Waals surface area contributed by atoms with Crippen molar-refractivity contribution in [1.29, 1.82) is 0 Å². The molecule has 1 aromatic carbocycles. The third kappa shape index (κ3) is 4.16. The summed E-state index contributed by atoms with van der Waals surface area (Å²) in [6.07, 6.45) is 5.20. The fourth-order valence-electron chi connectivity index (χ4n) is 5.87. The molecule has 36 heavy (non-hydrogen) atoms. The van der Waals surface area contributed by atoms with E-state index in [1.807, 2.05) is 4.90 Å². The van der Waals surface area contributed by atoms with Crippen molar-refractivity contribution in [2.45, 2.75) is 76.6 Å². The molecule has 1 aromatic heterocycles. The standard InChI is InChI=1S/C26H32FN3O6/c1-26(2,3)36-25(34)28-18-12-30(19-7-5-6-14(18)19)21-17(27)10-15-20(23(21)35-4)29(13-8-9-13)11-16(22(15)31)24(32)33/h10-11,13-14,18-19H,5-9,12H2,1-4H3,(H,28,34)(H,32,33)/t14-,18+,19-/m1/s1. The van der Waals surface area contributed by atoms with Gasteiger partial charge in [0.25, 0.3) is 0 Å². The van der Waals surface area contributed by atoms with Crippen LogP contribution in [0.15, 0.2) is 17.1 Å². The third-order valence-electron chi connectivity index (χ3n) is 7.40. The summed E-state index contributed by atoms with van der Waals surface area (Å²) in [4.78, 5) is 39.2. The summed E-state index contributed by atoms with van der Waals surface area (Å²) >= 11 is 0. The molecule has 1 amide bonds. The van der Waals surface area contributed by atoms with Gasteiger partial charge in [0.15, 0.2) is 11.6 Å². The summed E-state index contributed by atoms with van der Waals surface area (Å²) in [6.45, 7) is 5.78. The van der Waals surface area contributed by atoms with E-state index in [9.17, 15) is 19.5 Å². The molecule has 194 valence electrons. The first kappa shape index (κ1) is 24.4. The Hall–Kier alpha value is -3.30. The number of rotatable bonds is 5. The van der Waals surface area contributed by atoms with Gasteiger partial charge in [-0.05, 0) is 52.5 Å². The number of carboxylic acid groups (broad SMARTS) is 1. The highest BCUT2D eigenvalue weighted by Gasteiger charge is 2.47. The number of benzene rings is 1. The number of halogens is 1. The predicted octanol–water partition coefficient (Wildman–Crippen LogP) is 4.06. The van der Waals surface area contributed by atoms with Gasteiger partial charge in [-0.2, -0.15) is 0 Å². The van der Waals surface area contributed by atoms with E-state index < -0.39 is 28.9 Å². The molecule has 9 nitrogen and oxygen atoms in total. The lowest BCUT2D eigenvalue weighted by molar-refractivity contribution is 0.0496. The Morgan fingerprint density at radius 3 is 2.53 bits per heavy atom. The Morgan fingerprint density at radius 2 is 1.92 bits per heavy atom. The second kappa shape index (κ2) is 8.67. The van der Waals surface area contributed by atoms with Crippen LogP contribution in [0.2, 0.25) is 0 Å². The molecule has 1 aliphatic heterocycles. The van der Waals surface area contributed by atoms with Gasteiger partial charge in [-0.15, -0.1) is 0 Å². The zero-order valence-corrected chi connectivity index (χ0v) is 21.0. The van der Waals surface area contributed by atoms with E-state index in [2.05, 4.69) is 5.32 Å². The number of ether oxygens (including phenoxy) is 2. The number of fused-ring (bicyclic) bond motifs is 2. The summed E-state index contributed by atoms with van der Waals surface area (Å²) in [6, 6.07) is 0.925. The van der Waals surface area contributed by atoms with E-state index in [4.69, 9.17) is 9.47 Å². The Bertz CT molecular complexity index is 1300. The van der Waals surface area contributed by atoms with Crippen LogP contribution in [0.3, 0.4) is 0 Å². The molecule has 2 saturated carbocycles. The monoisotopic (exact) mass is 501 g/mol. The normalized spacial score (nSPS) is 23.6. The molecule has 2 aromatic rings. The Labute approximate surface area is 208 Å². The van der Waals surface area contributed by atoms with Crippen LogP contribution in [0, 0.1) is 11.7 Å². The molecule has 0 bridgehead atoms. The highest BCUT2D eigenvalue weighted by Crippen LogP contribution is 2.48. The van der Waals surface area contributed by atoms with Crippen molar-refractivity contribution in [3.05, 3.63) is 33.9 Å². The molecule has 2 N–H and O–H groups in total. The quantitative estimate of drug-likeness (QED) is 0.636. The molecule has 2 aliphatic carbocycles. The first-order chi connectivity index (χ1) is 17.0. The van der Waals surface area contributed by atoms with Gasteiger partial charge in [0.1, 0.15) is 16.9 Å². The Balaban J connectivity index is 1.61. The summed E-state index contributed by atoms with van der Waals surface area (Å²) in [5.74, 6) is -1.65. The van der Waals surface area contributed by atoms with Crippen molar-refractivity contribution in [1.82, 2.24) is 9.88 Å². The van der Waals surface area contributed by atoms with Crippen LogP contribution < -0.4 is 20.4 Å². The lowest BCUT2D eigenvalue weighted by atomic mass is 9.99. The number of aromatic carboxylic acids is 1. The number of hydrogen-bond donors (Lipinski definition) is 2. The first-order valence-electron chi connectivity index (χ1n) is 12.4. The molecular weight excluding hydrogens is 469 g/mol. The fourth-order valence-corrected chi connectivity index (χ4v) is 5.87. The van der Waals surface area contributed by atoms with Crippen molar-refractivity contribution in [2.75, 3.05) is 18.6 Å². The molecule has 5 rings (SSSR count). The van der Waals surface area contributed by atoms with E-state index in [1.165, 1.54) is 13.3 Å². The van der Waals surface area contributed by atoms with Crippen LogP contribution in [-0.4, -0.2) is 53.1 Å². The maximum Gasteiger partial charge on any atom is 0.407 e. The number of anilines is 1. The van der Waals surface area contributed by atoms with E-state index in [0.717, 1.165) is 38.2 Å². The van der Waals surface area contributed by atoms with Crippen LogP contribution in [0.25, 0.3) is 10.9 Å². The Kier molecular flexibility index (Phi) is 5.88. The lowest BCUT2D eigenvalue weighted by Gasteiger charge is -2.29. The van der Waals surface area contributed by atoms with Crippen molar-refractivity contribution < 1.29 is 28.6 Å². The second-order valence-electron chi connectivity index (χ2n) is 11.0. The highest BCUT2D eigenvalue weighted by molar-refractivity contribution is 5.97. The average molecular weight is 502 g/mol. The second-order valence-corrected chi connectivity index (χ2v) is 11.0. The molecule has 10 heteroatoms. The zero-order valence-electron chi connectivity index (χ0n) is 21.0. The largest absolute Gasteiger partial charge is 0.492 e. The number of methoxy groups -OCH3 is 1. The fraction of sp³-hybridized carbons (Fsp3) is 0.577. The minimum atomic E-state index is -1.34.